The van der Waals surface area contributed by atoms with Crippen molar-refractivity contribution in [3.63, 3.8) is 0 Å². The Kier molecular flexibility index (Phi) is 8.38. The Labute approximate surface area is 221 Å². The average Bonchev–Trinajstić information content (AvgIpc) is 3.27. The molecule has 0 unspecified atom stereocenters. The van der Waals surface area contributed by atoms with Crippen LogP contribution in [-0.2, 0) is 27.3 Å². The molecule has 3 rings (SSSR count). The molecule has 0 aromatic carbocycles. The highest BCUT2D eigenvalue weighted by Gasteiger charge is 2.47. The van der Waals surface area contributed by atoms with Crippen molar-refractivity contribution in [3.05, 3.63) is 12.7 Å². The molecule has 0 radical (unpaired) electrons. The summed E-state index contributed by atoms with van der Waals surface area (Å²) in [5.74, 6) is 0.295. The van der Waals surface area contributed by atoms with E-state index in [1.807, 2.05) is 4.57 Å². The van der Waals surface area contributed by atoms with Gasteiger partial charge in [0.25, 0.3) is 0 Å². The van der Waals surface area contributed by atoms with Crippen LogP contribution in [0.5, 0.6) is 0 Å². The Morgan fingerprint density at radius 2 is 1.65 bits per heavy atom. The van der Waals surface area contributed by atoms with Gasteiger partial charge in [0.1, 0.15) is 11.8 Å². The topological polar surface area (TPSA) is 133 Å². The Morgan fingerprint density at radius 1 is 1.05 bits per heavy atom. The molecule has 2 aromatic rings. The maximum absolute atomic E-state index is 13.6. The lowest BCUT2D eigenvalue weighted by atomic mass is 10.2. The Hall–Kier alpha value is -1.40. The molecule has 0 saturated carbocycles. The fraction of sp³-hybridized carbons (Fsp3) is 0.792. The number of aromatic nitrogens is 4. The van der Waals surface area contributed by atoms with Crippen molar-refractivity contribution in [2.24, 2.45) is 0 Å². The fourth-order valence-corrected chi connectivity index (χ4v) is 6.86. The molecule has 2 aromatic heterocycles. The van der Waals surface area contributed by atoms with Gasteiger partial charge in [-0.25, -0.2) is 19.5 Å². The Morgan fingerprint density at radius 3 is 2.19 bits per heavy atom. The number of anilines is 1. The van der Waals surface area contributed by atoms with E-state index in [-0.39, 0.29) is 17.7 Å². The summed E-state index contributed by atoms with van der Waals surface area (Å²) in [4.78, 5) is 12.8. The normalized spacial score (nSPS) is 22.2. The van der Waals surface area contributed by atoms with Crippen molar-refractivity contribution >= 4 is 33.1 Å². The third-order valence-electron chi connectivity index (χ3n) is 6.25. The summed E-state index contributed by atoms with van der Waals surface area (Å²) in [5, 5.41) is -0.00740. The zero-order chi connectivity index (χ0) is 28.0. The first-order valence-corrected chi connectivity index (χ1v) is 17.0. The smallest absolute Gasteiger partial charge is 0.409 e. The summed E-state index contributed by atoms with van der Waals surface area (Å²) in [6.07, 6.45) is 2.28. The minimum absolute atomic E-state index is 0.00104. The first-order valence-electron chi connectivity index (χ1n) is 12.6. The van der Waals surface area contributed by atoms with Gasteiger partial charge < -0.3 is 14.9 Å². The van der Waals surface area contributed by atoms with E-state index >= 15 is 0 Å². The average molecular weight is 558 g/mol. The molecule has 210 valence electrons. The number of phosphoric acid groups is 1. The standard InChI is InChI=1S/C24H44N5O6PSi/c1-22(2,3)34-36(30,35-23(4,5)6)31-13-16-12-17(33-37(10,11)24(7,8)9)21(32-16)29-15-28-18-19(25)26-14-27-20(18)29/h14-17,21H,12-13H2,1-11H3,(H2,25,26,27)/t16-,17+,21+/m0/s1. The van der Waals surface area contributed by atoms with E-state index in [9.17, 15) is 4.57 Å². The van der Waals surface area contributed by atoms with E-state index in [1.165, 1.54) is 6.33 Å². The predicted molar refractivity (Wildman–Crippen MR) is 146 cm³/mol. The molecule has 0 amide bonds. The van der Waals surface area contributed by atoms with Crippen molar-refractivity contribution in [2.75, 3.05) is 12.3 Å². The maximum Gasteiger partial charge on any atom is 0.475 e. The number of fused-ring (bicyclic) bond motifs is 1. The molecular weight excluding hydrogens is 513 g/mol. The monoisotopic (exact) mass is 557 g/mol. The summed E-state index contributed by atoms with van der Waals surface area (Å²) >= 11 is 0. The van der Waals surface area contributed by atoms with Crippen molar-refractivity contribution < 1.29 is 27.3 Å². The second-order valence-electron chi connectivity index (χ2n) is 13.0. The summed E-state index contributed by atoms with van der Waals surface area (Å²) in [5.41, 5.74) is 5.60. The van der Waals surface area contributed by atoms with Crippen LogP contribution in [0.25, 0.3) is 11.2 Å². The largest absolute Gasteiger partial charge is 0.475 e. The van der Waals surface area contributed by atoms with Crippen LogP contribution >= 0.6 is 7.82 Å². The van der Waals surface area contributed by atoms with Crippen LogP contribution in [0.3, 0.4) is 0 Å². The van der Waals surface area contributed by atoms with Crippen LogP contribution in [0.1, 0.15) is 75.0 Å². The predicted octanol–water partition coefficient (Wildman–Crippen LogP) is 5.84. The number of rotatable bonds is 8. The van der Waals surface area contributed by atoms with Crippen LogP contribution < -0.4 is 5.73 Å². The van der Waals surface area contributed by atoms with E-state index in [0.29, 0.717) is 23.4 Å². The highest BCUT2D eigenvalue weighted by molar-refractivity contribution is 7.48. The van der Waals surface area contributed by atoms with Gasteiger partial charge in [0.2, 0.25) is 0 Å². The highest BCUT2D eigenvalue weighted by atomic mass is 31.2. The number of imidazole rings is 1. The van der Waals surface area contributed by atoms with E-state index in [2.05, 4.69) is 48.8 Å². The van der Waals surface area contributed by atoms with Gasteiger partial charge in [-0.15, -0.1) is 0 Å². The SMILES string of the molecule is CC(C)(C)OP(=O)(OC[C@@H]1C[C@@H](O[Si](C)(C)C(C)(C)C)[C@H](n2cnc3c(N)ncnc32)O1)OC(C)(C)C. The number of ether oxygens (including phenoxy) is 1. The van der Waals surface area contributed by atoms with Crippen LogP contribution in [-0.4, -0.2) is 57.9 Å². The molecule has 1 aliphatic rings. The number of nitrogens with two attached hydrogens (primary N) is 1. The Bertz CT molecular complexity index is 1120. The summed E-state index contributed by atoms with van der Waals surface area (Å²) in [6, 6.07) is 0. The summed E-state index contributed by atoms with van der Waals surface area (Å²) in [7, 11) is -6.07. The molecule has 11 nitrogen and oxygen atoms in total. The van der Waals surface area contributed by atoms with E-state index in [0.717, 1.165) is 0 Å². The van der Waals surface area contributed by atoms with Gasteiger partial charge in [0.15, 0.2) is 26.0 Å². The molecule has 1 fully saturated rings. The van der Waals surface area contributed by atoms with Crippen molar-refractivity contribution in [3.8, 4) is 0 Å². The second-order valence-corrected chi connectivity index (χ2v) is 19.3. The van der Waals surface area contributed by atoms with Gasteiger partial charge in [-0.3, -0.25) is 18.1 Å². The van der Waals surface area contributed by atoms with Crippen molar-refractivity contribution in [1.29, 1.82) is 0 Å². The molecule has 3 heterocycles. The number of nitrogens with zero attached hydrogens (tertiary/aromatic N) is 4. The number of hydrogen-bond acceptors (Lipinski definition) is 10. The lowest BCUT2D eigenvalue weighted by molar-refractivity contribution is -0.0555. The quantitative estimate of drug-likeness (QED) is 0.312. The first kappa shape index (κ1) is 30.1. The van der Waals surface area contributed by atoms with Crippen molar-refractivity contribution in [2.45, 2.75) is 117 Å². The zero-order valence-electron chi connectivity index (χ0n) is 24.1. The molecule has 0 bridgehead atoms. The lowest BCUT2D eigenvalue weighted by Crippen LogP contribution is -2.45. The van der Waals surface area contributed by atoms with Crippen LogP contribution in [0.4, 0.5) is 5.82 Å². The zero-order valence-corrected chi connectivity index (χ0v) is 26.0. The molecule has 3 atom stereocenters. The van der Waals surface area contributed by atoms with Gasteiger partial charge in [0, 0.05) is 6.42 Å². The van der Waals surface area contributed by atoms with Crippen LogP contribution in [0.2, 0.25) is 18.1 Å². The molecule has 1 aliphatic heterocycles. The van der Waals surface area contributed by atoms with Gasteiger partial charge in [0.05, 0.1) is 36.3 Å². The van der Waals surface area contributed by atoms with Crippen LogP contribution in [0, 0.1) is 0 Å². The van der Waals surface area contributed by atoms with Gasteiger partial charge in [-0.1, -0.05) is 20.8 Å². The van der Waals surface area contributed by atoms with E-state index < -0.39 is 39.7 Å². The second kappa shape index (κ2) is 10.3. The lowest BCUT2D eigenvalue weighted by Gasteiger charge is -2.39. The minimum atomic E-state index is -3.90. The summed E-state index contributed by atoms with van der Waals surface area (Å²) < 4.78 is 46.0. The maximum atomic E-state index is 13.6. The van der Waals surface area contributed by atoms with Gasteiger partial charge in [-0.05, 0) is 59.7 Å². The minimum Gasteiger partial charge on any atom is -0.409 e. The van der Waals surface area contributed by atoms with Crippen LogP contribution in [0.15, 0.2) is 12.7 Å². The molecule has 13 heteroatoms. The number of nitrogen functional groups attached to an aromatic ring is 1. The van der Waals surface area contributed by atoms with E-state index in [4.69, 9.17) is 28.5 Å². The molecule has 37 heavy (non-hydrogen) atoms. The molecular formula is C24H44N5O6PSi. The molecule has 2 N–H and O–H groups in total. The highest BCUT2D eigenvalue weighted by Crippen LogP contribution is 2.56. The number of hydrogen-bond donors (Lipinski definition) is 1. The molecule has 1 saturated heterocycles. The summed E-state index contributed by atoms with van der Waals surface area (Å²) in [6.45, 7) is 21.8. The van der Waals surface area contributed by atoms with Crippen molar-refractivity contribution in [1.82, 2.24) is 19.5 Å². The van der Waals surface area contributed by atoms with E-state index in [1.54, 1.807) is 47.9 Å². The molecule has 0 spiro atoms. The first-order chi connectivity index (χ1) is 16.7. The third kappa shape index (κ3) is 7.59. The van der Waals surface area contributed by atoms with Gasteiger partial charge in [-0.2, -0.15) is 0 Å². The molecule has 0 aliphatic carbocycles. The number of phosphoric ester groups is 1. The third-order valence-corrected chi connectivity index (χ3v) is 12.8. The fourth-order valence-electron chi connectivity index (χ4n) is 3.70. The van der Waals surface area contributed by atoms with Gasteiger partial charge >= 0.3 is 7.82 Å². The Balaban J connectivity index is 1.88.